The number of benzene rings is 1. The number of H-pyrrole nitrogens is 1. The van der Waals surface area contributed by atoms with Gasteiger partial charge in [-0.3, -0.25) is 4.79 Å². The largest absolute Gasteiger partial charge is 0.481 e. The quantitative estimate of drug-likeness (QED) is 0.629. The predicted octanol–water partition coefficient (Wildman–Crippen LogP) is 3.56. The molecule has 0 aliphatic rings. The Bertz CT molecular complexity index is 556. The lowest BCUT2D eigenvalue weighted by Crippen LogP contribution is -1.94. The lowest BCUT2D eigenvalue weighted by molar-refractivity contribution is -0.137. The summed E-state index contributed by atoms with van der Waals surface area (Å²) in [4.78, 5) is 18.0. The zero-order chi connectivity index (χ0) is 13.0. The van der Waals surface area contributed by atoms with Gasteiger partial charge >= 0.3 is 5.97 Å². The Morgan fingerprint density at radius 1 is 1.44 bits per heavy atom. The van der Waals surface area contributed by atoms with Gasteiger partial charge in [0.15, 0.2) is 5.16 Å². The van der Waals surface area contributed by atoms with Crippen LogP contribution in [0.25, 0.3) is 11.0 Å². The average molecular weight is 285 g/mol. The lowest BCUT2D eigenvalue weighted by atomic mass is 10.3. The molecule has 0 aliphatic heterocycles. The molecule has 0 unspecified atom stereocenters. The van der Waals surface area contributed by atoms with Gasteiger partial charge in [-0.1, -0.05) is 23.4 Å². The third-order valence-corrected chi connectivity index (χ3v) is 3.64. The Kier molecular flexibility index (Phi) is 4.49. The molecular formula is C12H13ClN2O2S. The van der Waals surface area contributed by atoms with E-state index in [0.717, 1.165) is 28.4 Å². The van der Waals surface area contributed by atoms with E-state index in [4.69, 9.17) is 16.7 Å². The van der Waals surface area contributed by atoms with Gasteiger partial charge in [0.2, 0.25) is 0 Å². The van der Waals surface area contributed by atoms with Crippen LogP contribution >= 0.6 is 23.4 Å². The molecule has 2 rings (SSSR count). The molecule has 0 bridgehead atoms. The number of unbranched alkanes of at least 4 members (excludes halogenated alkanes) is 1. The first kappa shape index (κ1) is 13.2. The molecule has 0 amide bonds. The number of nitrogens with zero attached hydrogens (tertiary/aromatic N) is 1. The van der Waals surface area contributed by atoms with E-state index in [1.807, 2.05) is 18.2 Å². The fourth-order valence-electron chi connectivity index (χ4n) is 1.57. The Morgan fingerprint density at radius 3 is 3.06 bits per heavy atom. The van der Waals surface area contributed by atoms with Crippen LogP contribution in [0.2, 0.25) is 5.02 Å². The van der Waals surface area contributed by atoms with Gasteiger partial charge in [0.25, 0.3) is 0 Å². The number of imidazole rings is 1. The molecule has 18 heavy (non-hydrogen) atoms. The van der Waals surface area contributed by atoms with Crippen molar-refractivity contribution in [1.29, 1.82) is 0 Å². The van der Waals surface area contributed by atoms with Crippen LogP contribution in [-0.4, -0.2) is 26.8 Å². The first-order valence-electron chi connectivity index (χ1n) is 5.65. The van der Waals surface area contributed by atoms with E-state index in [1.54, 1.807) is 11.8 Å². The van der Waals surface area contributed by atoms with Gasteiger partial charge in [-0.2, -0.15) is 0 Å². The number of carboxylic acid groups (broad SMARTS) is 1. The zero-order valence-electron chi connectivity index (χ0n) is 9.65. The molecule has 1 aromatic carbocycles. The highest BCUT2D eigenvalue weighted by Crippen LogP contribution is 2.22. The van der Waals surface area contributed by atoms with E-state index in [2.05, 4.69) is 9.97 Å². The Labute approximate surface area is 114 Å². The average Bonchev–Trinajstić information content (AvgIpc) is 2.70. The van der Waals surface area contributed by atoms with Crippen molar-refractivity contribution in [2.45, 2.75) is 24.4 Å². The second-order valence-electron chi connectivity index (χ2n) is 3.90. The fourth-order valence-corrected chi connectivity index (χ4v) is 2.63. The topological polar surface area (TPSA) is 66.0 Å². The van der Waals surface area contributed by atoms with Crippen LogP contribution in [0.3, 0.4) is 0 Å². The van der Waals surface area contributed by atoms with E-state index < -0.39 is 5.97 Å². The number of fused-ring (bicyclic) bond motifs is 1. The van der Waals surface area contributed by atoms with Crippen LogP contribution in [0.5, 0.6) is 0 Å². The Hall–Kier alpha value is -1.20. The molecule has 0 saturated heterocycles. The first-order chi connectivity index (χ1) is 8.65. The van der Waals surface area contributed by atoms with Crippen molar-refractivity contribution >= 4 is 40.4 Å². The molecule has 0 atom stereocenters. The fraction of sp³-hybridized carbons (Fsp3) is 0.333. The van der Waals surface area contributed by atoms with Gasteiger partial charge in [0, 0.05) is 17.2 Å². The Morgan fingerprint density at radius 2 is 2.28 bits per heavy atom. The number of aromatic nitrogens is 2. The molecule has 1 heterocycles. The molecule has 0 aliphatic carbocycles. The summed E-state index contributed by atoms with van der Waals surface area (Å²) in [5, 5.41) is 10.0. The summed E-state index contributed by atoms with van der Waals surface area (Å²) in [5.41, 5.74) is 1.82. The molecule has 0 radical (unpaired) electrons. The van der Waals surface area contributed by atoms with Crippen molar-refractivity contribution in [2.24, 2.45) is 0 Å². The molecular weight excluding hydrogens is 272 g/mol. The second-order valence-corrected chi connectivity index (χ2v) is 5.42. The van der Waals surface area contributed by atoms with Crippen molar-refractivity contribution in [2.75, 3.05) is 5.75 Å². The van der Waals surface area contributed by atoms with Crippen LogP contribution in [0, 0.1) is 0 Å². The molecule has 2 aromatic rings. The lowest BCUT2D eigenvalue weighted by Gasteiger charge is -1.96. The molecule has 96 valence electrons. The van der Waals surface area contributed by atoms with Gasteiger partial charge in [-0.25, -0.2) is 4.98 Å². The molecule has 0 spiro atoms. The van der Waals surface area contributed by atoms with Gasteiger partial charge in [0.1, 0.15) is 0 Å². The van der Waals surface area contributed by atoms with Gasteiger partial charge < -0.3 is 10.1 Å². The van der Waals surface area contributed by atoms with Gasteiger partial charge in [0.05, 0.1) is 11.0 Å². The van der Waals surface area contributed by atoms with Crippen molar-refractivity contribution in [3.8, 4) is 0 Å². The van der Waals surface area contributed by atoms with Crippen molar-refractivity contribution in [1.82, 2.24) is 9.97 Å². The highest BCUT2D eigenvalue weighted by Gasteiger charge is 2.04. The van der Waals surface area contributed by atoms with Crippen LogP contribution < -0.4 is 0 Å². The maximum absolute atomic E-state index is 10.3. The monoisotopic (exact) mass is 284 g/mol. The minimum atomic E-state index is -0.738. The summed E-state index contributed by atoms with van der Waals surface area (Å²) in [7, 11) is 0. The number of carboxylic acids is 1. The van der Waals surface area contributed by atoms with E-state index in [1.165, 1.54) is 0 Å². The predicted molar refractivity (Wildman–Crippen MR) is 73.3 cm³/mol. The summed E-state index contributed by atoms with van der Waals surface area (Å²) in [6.07, 6.45) is 1.81. The smallest absolute Gasteiger partial charge is 0.303 e. The number of hydrogen-bond acceptors (Lipinski definition) is 3. The number of carbonyl (C=O) groups is 1. The van der Waals surface area contributed by atoms with E-state index >= 15 is 0 Å². The number of nitrogens with one attached hydrogen (secondary N) is 1. The summed E-state index contributed by atoms with van der Waals surface area (Å²) in [6.45, 7) is 0. The van der Waals surface area contributed by atoms with E-state index in [-0.39, 0.29) is 6.42 Å². The number of rotatable bonds is 6. The number of thioether (sulfide) groups is 1. The zero-order valence-corrected chi connectivity index (χ0v) is 11.2. The summed E-state index contributed by atoms with van der Waals surface area (Å²) in [5.74, 6) is 0.124. The third kappa shape index (κ3) is 3.65. The van der Waals surface area contributed by atoms with Crippen LogP contribution in [-0.2, 0) is 4.79 Å². The molecule has 6 heteroatoms. The molecule has 2 N–H and O–H groups in total. The van der Waals surface area contributed by atoms with Crippen LogP contribution in [0.4, 0.5) is 0 Å². The second kappa shape index (κ2) is 6.11. The van der Waals surface area contributed by atoms with Gasteiger partial charge in [-0.15, -0.1) is 0 Å². The highest BCUT2D eigenvalue weighted by atomic mass is 35.5. The summed E-state index contributed by atoms with van der Waals surface area (Å²) in [6, 6.07) is 5.53. The number of hydrogen-bond donors (Lipinski definition) is 2. The molecule has 0 saturated carbocycles. The normalized spacial score (nSPS) is 10.9. The first-order valence-corrected chi connectivity index (χ1v) is 7.01. The third-order valence-electron chi connectivity index (χ3n) is 2.45. The number of aliphatic carboxylic acids is 1. The molecule has 0 fully saturated rings. The van der Waals surface area contributed by atoms with Gasteiger partial charge in [-0.05, 0) is 31.0 Å². The van der Waals surface area contributed by atoms with E-state index in [0.29, 0.717) is 11.4 Å². The number of aromatic amines is 1. The van der Waals surface area contributed by atoms with Crippen LogP contribution in [0.15, 0.2) is 23.4 Å². The SMILES string of the molecule is O=C(O)CCCCSc1nc2ccc(Cl)cc2[nH]1. The van der Waals surface area contributed by atoms with Crippen molar-refractivity contribution in [3.63, 3.8) is 0 Å². The van der Waals surface area contributed by atoms with Crippen LogP contribution in [0.1, 0.15) is 19.3 Å². The standard InChI is InChI=1S/C12H13ClN2O2S/c13-8-4-5-9-10(7-8)15-12(14-9)18-6-2-1-3-11(16)17/h4-5,7H,1-3,6H2,(H,14,15)(H,16,17). The molecule has 1 aromatic heterocycles. The van der Waals surface area contributed by atoms with Crippen molar-refractivity contribution < 1.29 is 9.90 Å². The number of halogens is 1. The summed E-state index contributed by atoms with van der Waals surface area (Å²) < 4.78 is 0. The maximum atomic E-state index is 10.3. The summed E-state index contributed by atoms with van der Waals surface area (Å²) >= 11 is 7.49. The molecule has 4 nitrogen and oxygen atoms in total. The maximum Gasteiger partial charge on any atom is 0.303 e. The minimum absolute atomic E-state index is 0.232. The van der Waals surface area contributed by atoms with Crippen molar-refractivity contribution in [3.05, 3.63) is 23.2 Å². The highest BCUT2D eigenvalue weighted by molar-refractivity contribution is 7.99. The Balaban J connectivity index is 1.86. The minimum Gasteiger partial charge on any atom is -0.481 e. The van der Waals surface area contributed by atoms with E-state index in [9.17, 15) is 4.79 Å².